The molecule has 0 bridgehead atoms. The lowest BCUT2D eigenvalue weighted by molar-refractivity contribution is -0.114. The van der Waals surface area contributed by atoms with Crippen LogP contribution in [0.1, 0.15) is 41.1 Å². The van der Waals surface area contributed by atoms with Crippen LogP contribution in [0, 0.1) is 0 Å². The van der Waals surface area contributed by atoms with E-state index in [9.17, 15) is 18.0 Å². The van der Waals surface area contributed by atoms with Gasteiger partial charge < -0.3 is 14.8 Å². The van der Waals surface area contributed by atoms with Crippen molar-refractivity contribution in [3.05, 3.63) is 69.0 Å². The summed E-state index contributed by atoms with van der Waals surface area (Å²) in [6.07, 6.45) is 2.52. The molecule has 0 saturated carbocycles. The number of halogens is 1. The molecular formula is C26H27BrN2O6S2. The van der Waals surface area contributed by atoms with E-state index in [1.54, 1.807) is 43.3 Å². The van der Waals surface area contributed by atoms with E-state index >= 15 is 0 Å². The fourth-order valence-corrected chi connectivity index (χ4v) is 7.11. The molecule has 1 amide bonds. The van der Waals surface area contributed by atoms with Crippen molar-refractivity contribution in [1.82, 2.24) is 0 Å². The number of rotatable bonds is 10. The van der Waals surface area contributed by atoms with Crippen LogP contribution in [-0.2, 0) is 32.4 Å². The molecule has 0 unspecified atom stereocenters. The normalized spacial score (nSPS) is 12.6. The van der Waals surface area contributed by atoms with Crippen LogP contribution < -0.4 is 14.4 Å². The van der Waals surface area contributed by atoms with Crippen LogP contribution in [0.4, 0.5) is 10.7 Å². The van der Waals surface area contributed by atoms with Gasteiger partial charge in [-0.1, -0.05) is 15.9 Å². The monoisotopic (exact) mass is 606 g/mol. The highest BCUT2D eigenvalue weighted by Crippen LogP contribution is 2.39. The van der Waals surface area contributed by atoms with Gasteiger partial charge in [-0.2, -0.15) is 0 Å². The Morgan fingerprint density at radius 3 is 2.38 bits per heavy atom. The molecule has 3 aromatic rings. The van der Waals surface area contributed by atoms with E-state index in [0.29, 0.717) is 28.6 Å². The Bertz CT molecular complexity index is 1390. The summed E-state index contributed by atoms with van der Waals surface area (Å²) in [7, 11) is -4.09. The summed E-state index contributed by atoms with van der Waals surface area (Å²) >= 11 is 4.66. The van der Waals surface area contributed by atoms with Gasteiger partial charge in [0, 0.05) is 9.35 Å². The standard InChI is InChI=1S/C26H27BrN2O6S2/c1-3-34-19-12-10-18(11-13-19)29(37(32,33)20-14-8-17(27)9-15-20)16-23(30)28-25-24(26(31)35-4-2)21-6-5-7-22(21)36-25/h8-15H,3-7,16H2,1-2H3,(H,28,30). The second-order valence-electron chi connectivity index (χ2n) is 8.22. The molecule has 4 rings (SSSR count). The number of carbonyl (C=O) groups is 2. The third-order valence-corrected chi connectivity index (χ3v) is 9.30. The van der Waals surface area contributed by atoms with Gasteiger partial charge in [0.25, 0.3) is 10.0 Å². The van der Waals surface area contributed by atoms with Crippen LogP contribution in [0.25, 0.3) is 0 Å². The third kappa shape index (κ3) is 6.00. The summed E-state index contributed by atoms with van der Waals surface area (Å²) in [4.78, 5) is 27.0. The molecule has 11 heteroatoms. The van der Waals surface area contributed by atoms with E-state index in [4.69, 9.17) is 9.47 Å². The number of hydrogen-bond acceptors (Lipinski definition) is 7. The van der Waals surface area contributed by atoms with Crippen molar-refractivity contribution in [3.8, 4) is 5.75 Å². The summed E-state index contributed by atoms with van der Waals surface area (Å²) in [6, 6.07) is 12.7. The quantitative estimate of drug-likeness (QED) is 0.310. The number of sulfonamides is 1. The second kappa shape index (κ2) is 11.7. The van der Waals surface area contributed by atoms with E-state index in [1.807, 2.05) is 6.92 Å². The average molecular weight is 608 g/mol. The van der Waals surface area contributed by atoms with Gasteiger partial charge in [-0.15, -0.1) is 11.3 Å². The number of anilines is 2. The molecule has 1 N–H and O–H groups in total. The smallest absolute Gasteiger partial charge is 0.341 e. The molecule has 2 aromatic carbocycles. The van der Waals surface area contributed by atoms with Crippen molar-refractivity contribution in [2.24, 2.45) is 0 Å². The average Bonchev–Trinajstić information content (AvgIpc) is 3.44. The van der Waals surface area contributed by atoms with Crippen LogP contribution in [0.5, 0.6) is 5.75 Å². The van der Waals surface area contributed by atoms with Gasteiger partial charge in [0.15, 0.2) is 0 Å². The molecule has 0 radical (unpaired) electrons. The maximum atomic E-state index is 13.6. The summed E-state index contributed by atoms with van der Waals surface area (Å²) in [5.41, 5.74) is 1.58. The number of hydrogen-bond donors (Lipinski definition) is 1. The number of thiophene rings is 1. The first-order chi connectivity index (χ1) is 17.7. The molecule has 0 fully saturated rings. The Morgan fingerprint density at radius 1 is 1.03 bits per heavy atom. The number of aryl methyl sites for hydroxylation is 1. The Balaban J connectivity index is 1.65. The lowest BCUT2D eigenvalue weighted by Crippen LogP contribution is -2.38. The number of benzene rings is 2. The highest BCUT2D eigenvalue weighted by Gasteiger charge is 2.31. The Labute approximate surface area is 228 Å². The maximum absolute atomic E-state index is 13.6. The molecular weight excluding hydrogens is 580 g/mol. The fourth-order valence-electron chi connectivity index (χ4n) is 4.13. The van der Waals surface area contributed by atoms with Gasteiger partial charge in [-0.3, -0.25) is 9.10 Å². The molecule has 8 nitrogen and oxygen atoms in total. The second-order valence-corrected chi connectivity index (χ2v) is 12.1. The number of amides is 1. The molecule has 0 saturated heterocycles. The van der Waals surface area contributed by atoms with Gasteiger partial charge in [0.05, 0.1) is 29.4 Å². The minimum atomic E-state index is -4.09. The molecule has 0 aliphatic heterocycles. The number of nitrogens with zero attached hydrogens (tertiary/aromatic N) is 1. The maximum Gasteiger partial charge on any atom is 0.341 e. The summed E-state index contributed by atoms with van der Waals surface area (Å²) in [5, 5.41) is 3.17. The van der Waals surface area contributed by atoms with Crippen LogP contribution in [0.2, 0.25) is 0 Å². The predicted molar refractivity (Wildman–Crippen MR) is 147 cm³/mol. The number of esters is 1. The van der Waals surface area contributed by atoms with Crippen molar-refractivity contribution in [1.29, 1.82) is 0 Å². The molecule has 0 atom stereocenters. The molecule has 0 spiro atoms. The SMILES string of the molecule is CCOC(=O)c1c(NC(=O)CN(c2ccc(OCC)cc2)S(=O)(=O)c2ccc(Br)cc2)sc2c1CCC2. The van der Waals surface area contributed by atoms with E-state index in [2.05, 4.69) is 21.2 Å². The van der Waals surface area contributed by atoms with Crippen molar-refractivity contribution < 1.29 is 27.5 Å². The van der Waals surface area contributed by atoms with Crippen molar-refractivity contribution in [2.45, 2.75) is 38.0 Å². The zero-order valence-electron chi connectivity index (χ0n) is 20.5. The largest absolute Gasteiger partial charge is 0.494 e. The summed E-state index contributed by atoms with van der Waals surface area (Å²) in [6.45, 7) is 3.78. The molecule has 1 aliphatic carbocycles. The molecule has 1 aliphatic rings. The van der Waals surface area contributed by atoms with Crippen LogP contribution in [0.3, 0.4) is 0 Å². The van der Waals surface area contributed by atoms with Crippen LogP contribution in [-0.4, -0.2) is 40.1 Å². The summed E-state index contributed by atoms with van der Waals surface area (Å²) < 4.78 is 39.8. The number of nitrogens with one attached hydrogen (secondary N) is 1. The molecule has 37 heavy (non-hydrogen) atoms. The van der Waals surface area contributed by atoms with Gasteiger partial charge in [-0.05, 0) is 87.2 Å². The lowest BCUT2D eigenvalue weighted by atomic mass is 10.1. The Morgan fingerprint density at radius 2 is 1.73 bits per heavy atom. The van der Waals surface area contributed by atoms with Crippen LogP contribution >= 0.6 is 27.3 Å². The van der Waals surface area contributed by atoms with Crippen LogP contribution in [0.15, 0.2) is 57.9 Å². The Kier molecular flexibility index (Phi) is 8.56. The van der Waals surface area contributed by atoms with E-state index < -0.39 is 28.4 Å². The lowest BCUT2D eigenvalue weighted by Gasteiger charge is -2.24. The van der Waals surface area contributed by atoms with Crippen molar-refractivity contribution >= 4 is 59.9 Å². The first-order valence-electron chi connectivity index (χ1n) is 11.9. The topological polar surface area (TPSA) is 102 Å². The van der Waals surface area contributed by atoms with Crippen molar-refractivity contribution in [3.63, 3.8) is 0 Å². The minimum absolute atomic E-state index is 0.0414. The van der Waals surface area contributed by atoms with Gasteiger partial charge in [-0.25, -0.2) is 13.2 Å². The fraction of sp³-hybridized carbons (Fsp3) is 0.308. The molecule has 196 valence electrons. The highest BCUT2D eigenvalue weighted by molar-refractivity contribution is 9.10. The third-order valence-electron chi connectivity index (χ3n) is 5.78. The van der Waals surface area contributed by atoms with E-state index in [0.717, 1.165) is 38.5 Å². The van der Waals surface area contributed by atoms with Crippen molar-refractivity contribution in [2.75, 3.05) is 29.4 Å². The number of ether oxygens (including phenoxy) is 2. The van der Waals surface area contributed by atoms with E-state index in [-0.39, 0.29) is 11.5 Å². The number of carbonyl (C=O) groups excluding carboxylic acids is 2. The summed E-state index contributed by atoms with van der Waals surface area (Å²) in [5.74, 6) is -0.466. The molecule has 1 aromatic heterocycles. The van der Waals surface area contributed by atoms with Gasteiger partial charge in [0.1, 0.15) is 17.3 Å². The molecule has 1 heterocycles. The first-order valence-corrected chi connectivity index (χ1v) is 14.9. The zero-order valence-corrected chi connectivity index (χ0v) is 23.7. The Hall–Kier alpha value is -2.89. The zero-order chi connectivity index (χ0) is 26.6. The number of fused-ring (bicyclic) bond motifs is 1. The predicted octanol–water partition coefficient (Wildman–Crippen LogP) is 5.41. The van der Waals surface area contributed by atoms with Gasteiger partial charge in [0.2, 0.25) is 5.91 Å². The van der Waals surface area contributed by atoms with Gasteiger partial charge >= 0.3 is 5.97 Å². The minimum Gasteiger partial charge on any atom is -0.494 e. The first kappa shape index (κ1) is 27.2. The van der Waals surface area contributed by atoms with E-state index in [1.165, 1.54) is 23.5 Å². The highest BCUT2D eigenvalue weighted by atomic mass is 79.9.